The van der Waals surface area contributed by atoms with Crippen molar-refractivity contribution in [2.24, 2.45) is 0 Å². The van der Waals surface area contributed by atoms with Crippen LogP contribution in [0.25, 0.3) is 0 Å². The van der Waals surface area contributed by atoms with Crippen molar-refractivity contribution < 1.29 is 19.4 Å². The number of rotatable bonds is 7. The number of carbonyl (C=O) groups excluding carboxylic acids is 1. The van der Waals surface area contributed by atoms with Crippen LogP contribution in [0, 0.1) is 6.92 Å². The Morgan fingerprint density at radius 2 is 1.83 bits per heavy atom. The number of ether oxygens (including phenoxy) is 1. The van der Waals surface area contributed by atoms with Crippen molar-refractivity contribution in [1.29, 1.82) is 0 Å². The van der Waals surface area contributed by atoms with Crippen molar-refractivity contribution >= 4 is 11.8 Å². The van der Waals surface area contributed by atoms with Crippen LogP contribution in [0.15, 0.2) is 47.7 Å². The first kappa shape index (κ1) is 17.0. The van der Waals surface area contributed by atoms with Crippen LogP contribution in [0.1, 0.15) is 49.0 Å². The van der Waals surface area contributed by atoms with Gasteiger partial charge in [-0.2, -0.15) is 0 Å². The maximum atomic E-state index is 12.2. The summed E-state index contributed by atoms with van der Waals surface area (Å²) in [6.07, 6.45) is 5.37. The van der Waals surface area contributed by atoms with Crippen molar-refractivity contribution in [3.8, 4) is 0 Å². The molecule has 23 heavy (non-hydrogen) atoms. The smallest absolute Gasteiger partial charge is 0.347 e. The standard InChI is InChI=1S/C19H22O4/c1-13-4-8-15(9-5-13)17(20)11-7-14-6-10-16(12-14)23-19(2,3)18(21)22/h4-6,8-10H,7,11-12H2,1-3H3,(H,21,22). The molecule has 4 nitrogen and oxygen atoms in total. The van der Waals surface area contributed by atoms with E-state index in [1.54, 1.807) is 6.08 Å². The first-order chi connectivity index (χ1) is 10.8. The third kappa shape index (κ3) is 4.55. The van der Waals surface area contributed by atoms with E-state index in [1.165, 1.54) is 13.8 Å². The van der Waals surface area contributed by atoms with Crippen LogP contribution in [0.2, 0.25) is 0 Å². The van der Waals surface area contributed by atoms with E-state index in [2.05, 4.69) is 0 Å². The molecule has 122 valence electrons. The lowest BCUT2D eigenvalue weighted by Gasteiger charge is -2.22. The van der Waals surface area contributed by atoms with E-state index in [0.29, 0.717) is 25.0 Å². The molecule has 0 bridgehead atoms. The summed E-state index contributed by atoms with van der Waals surface area (Å²) in [4.78, 5) is 23.2. The van der Waals surface area contributed by atoms with Gasteiger partial charge < -0.3 is 9.84 Å². The van der Waals surface area contributed by atoms with Crippen LogP contribution < -0.4 is 0 Å². The van der Waals surface area contributed by atoms with Crippen molar-refractivity contribution in [1.82, 2.24) is 0 Å². The van der Waals surface area contributed by atoms with Gasteiger partial charge in [-0.1, -0.05) is 41.5 Å². The molecule has 1 aromatic carbocycles. The molecule has 4 heteroatoms. The number of carbonyl (C=O) groups is 2. The van der Waals surface area contributed by atoms with E-state index in [4.69, 9.17) is 9.84 Å². The zero-order chi connectivity index (χ0) is 17.0. The summed E-state index contributed by atoms with van der Waals surface area (Å²) < 4.78 is 5.52. The quantitative estimate of drug-likeness (QED) is 0.771. The van der Waals surface area contributed by atoms with E-state index in [0.717, 1.165) is 16.7 Å². The molecule has 1 N–H and O–H groups in total. The summed E-state index contributed by atoms with van der Waals surface area (Å²) in [7, 11) is 0. The molecule has 0 saturated heterocycles. The highest BCUT2D eigenvalue weighted by molar-refractivity contribution is 5.96. The lowest BCUT2D eigenvalue weighted by Crippen LogP contribution is -2.34. The molecular formula is C19H22O4. The highest BCUT2D eigenvalue weighted by Crippen LogP contribution is 2.28. The van der Waals surface area contributed by atoms with Crippen molar-refractivity contribution in [2.45, 2.75) is 45.6 Å². The number of aliphatic carboxylic acids is 1. The van der Waals surface area contributed by atoms with Gasteiger partial charge in [-0.05, 0) is 33.3 Å². The highest BCUT2D eigenvalue weighted by Gasteiger charge is 2.30. The molecule has 0 saturated carbocycles. The number of aryl methyl sites for hydroxylation is 1. The minimum absolute atomic E-state index is 0.117. The second-order valence-corrected chi connectivity index (χ2v) is 6.34. The van der Waals surface area contributed by atoms with Gasteiger partial charge in [-0.3, -0.25) is 4.79 Å². The molecule has 1 aliphatic carbocycles. The Balaban J connectivity index is 1.82. The van der Waals surface area contributed by atoms with Gasteiger partial charge in [0.25, 0.3) is 0 Å². The van der Waals surface area contributed by atoms with Crippen LogP contribution in [-0.2, 0) is 9.53 Å². The zero-order valence-corrected chi connectivity index (χ0v) is 13.8. The van der Waals surface area contributed by atoms with Crippen LogP contribution in [-0.4, -0.2) is 22.5 Å². The van der Waals surface area contributed by atoms with Gasteiger partial charge in [-0.25, -0.2) is 4.79 Å². The predicted molar refractivity (Wildman–Crippen MR) is 88.3 cm³/mol. The summed E-state index contributed by atoms with van der Waals surface area (Å²) in [6.45, 7) is 5.04. The number of allylic oxidation sites excluding steroid dienone is 3. The average molecular weight is 314 g/mol. The Morgan fingerprint density at radius 3 is 2.43 bits per heavy atom. The fourth-order valence-electron chi connectivity index (χ4n) is 2.32. The predicted octanol–water partition coefficient (Wildman–Crippen LogP) is 4.05. The molecule has 0 radical (unpaired) electrons. The maximum absolute atomic E-state index is 12.2. The largest absolute Gasteiger partial charge is 0.480 e. The lowest BCUT2D eigenvalue weighted by molar-refractivity contribution is -0.156. The number of hydrogen-bond donors (Lipinski definition) is 1. The number of benzene rings is 1. The molecule has 1 aliphatic rings. The Morgan fingerprint density at radius 1 is 1.17 bits per heavy atom. The molecule has 0 heterocycles. The molecule has 0 aromatic heterocycles. The molecule has 2 rings (SSSR count). The normalized spacial score (nSPS) is 14.2. The van der Waals surface area contributed by atoms with Gasteiger partial charge in [0.2, 0.25) is 0 Å². The molecule has 0 amide bonds. The molecule has 0 fully saturated rings. The SMILES string of the molecule is Cc1ccc(C(=O)CCC2=CC=C(OC(C)(C)C(=O)O)C2)cc1. The fraction of sp³-hybridized carbons (Fsp3) is 0.368. The Bertz CT molecular complexity index is 663. The summed E-state index contributed by atoms with van der Waals surface area (Å²) in [5.41, 5.74) is 1.70. The number of ketones is 1. The van der Waals surface area contributed by atoms with Gasteiger partial charge in [0.1, 0.15) is 5.76 Å². The van der Waals surface area contributed by atoms with Crippen LogP contribution >= 0.6 is 0 Å². The summed E-state index contributed by atoms with van der Waals surface area (Å²) in [6, 6.07) is 7.57. The van der Waals surface area contributed by atoms with E-state index < -0.39 is 11.6 Å². The lowest BCUT2D eigenvalue weighted by atomic mass is 10.0. The number of carboxylic acids is 1. The summed E-state index contributed by atoms with van der Waals surface area (Å²) in [5.74, 6) is -0.247. The second-order valence-electron chi connectivity index (χ2n) is 6.34. The second kappa shape index (κ2) is 6.82. The zero-order valence-electron chi connectivity index (χ0n) is 13.8. The first-order valence-corrected chi connectivity index (χ1v) is 7.69. The minimum Gasteiger partial charge on any atom is -0.480 e. The van der Waals surface area contributed by atoms with E-state index in [-0.39, 0.29) is 5.78 Å². The molecular weight excluding hydrogens is 292 g/mol. The van der Waals surface area contributed by atoms with E-state index in [9.17, 15) is 9.59 Å². The molecule has 0 spiro atoms. The topological polar surface area (TPSA) is 63.6 Å². The maximum Gasteiger partial charge on any atom is 0.347 e. The summed E-state index contributed by atoms with van der Waals surface area (Å²) in [5, 5.41) is 9.08. The fourth-order valence-corrected chi connectivity index (χ4v) is 2.32. The van der Waals surface area contributed by atoms with Gasteiger partial charge in [-0.15, -0.1) is 0 Å². The van der Waals surface area contributed by atoms with Crippen LogP contribution in [0.3, 0.4) is 0 Å². The number of carboxylic acid groups (broad SMARTS) is 1. The monoisotopic (exact) mass is 314 g/mol. The van der Waals surface area contributed by atoms with Gasteiger partial charge in [0.05, 0.1) is 0 Å². The van der Waals surface area contributed by atoms with Gasteiger partial charge in [0, 0.05) is 18.4 Å². The van der Waals surface area contributed by atoms with E-state index in [1.807, 2.05) is 37.3 Å². The molecule has 0 aliphatic heterocycles. The molecule has 0 unspecified atom stereocenters. The van der Waals surface area contributed by atoms with Crippen molar-refractivity contribution in [2.75, 3.05) is 0 Å². The van der Waals surface area contributed by atoms with Crippen molar-refractivity contribution in [3.05, 3.63) is 58.9 Å². The van der Waals surface area contributed by atoms with Gasteiger partial charge in [0.15, 0.2) is 11.4 Å². The molecule has 0 atom stereocenters. The summed E-state index contributed by atoms with van der Waals surface area (Å²) >= 11 is 0. The van der Waals surface area contributed by atoms with E-state index >= 15 is 0 Å². The Labute approximate surface area is 136 Å². The van der Waals surface area contributed by atoms with Crippen molar-refractivity contribution in [3.63, 3.8) is 0 Å². The minimum atomic E-state index is -1.24. The third-order valence-electron chi connectivity index (χ3n) is 3.85. The van der Waals surface area contributed by atoms with Crippen LogP contribution in [0.5, 0.6) is 0 Å². The highest BCUT2D eigenvalue weighted by atomic mass is 16.5. The molecule has 1 aromatic rings. The average Bonchev–Trinajstić information content (AvgIpc) is 2.92. The Hall–Kier alpha value is -2.36. The van der Waals surface area contributed by atoms with Crippen LogP contribution in [0.4, 0.5) is 0 Å². The Kier molecular flexibility index (Phi) is 5.04. The number of Topliss-reactive ketones (excluding diaryl/α,β-unsaturated/α-hetero) is 1. The van der Waals surface area contributed by atoms with Gasteiger partial charge >= 0.3 is 5.97 Å². The third-order valence-corrected chi connectivity index (χ3v) is 3.85. The number of hydrogen-bond acceptors (Lipinski definition) is 3. The first-order valence-electron chi connectivity index (χ1n) is 7.69.